The molecule has 1 unspecified atom stereocenters. The van der Waals surface area contributed by atoms with Gasteiger partial charge in [-0.3, -0.25) is 4.79 Å². The molecule has 0 spiro atoms. The van der Waals surface area contributed by atoms with Crippen molar-refractivity contribution in [2.45, 2.75) is 38.6 Å². The lowest BCUT2D eigenvalue weighted by molar-refractivity contribution is -0.123. The number of aryl methyl sites for hydroxylation is 1. The number of piperidine rings is 1. The standard InChI is InChI=1S/C13H20N2O2/c1-10-5-6-11(17-10)7-9-15-13(16)12-4-2-3-8-14-12/h5-6,12,14H,2-4,7-9H2,1H3,(H,15,16). The summed E-state index contributed by atoms with van der Waals surface area (Å²) in [5.41, 5.74) is 0. The highest BCUT2D eigenvalue weighted by atomic mass is 16.3. The third-order valence-corrected chi connectivity index (χ3v) is 3.09. The van der Waals surface area contributed by atoms with Crippen LogP contribution in [-0.2, 0) is 11.2 Å². The summed E-state index contributed by atoms with van der Waals surface area (Å²) in [4.78, 5) is 11.8. The van der Waals surface area contributed by atoms with Crippen LogP contribution in [0, 0.1) is 6.92 Å². The number of hydrogen-bond donors (Lipinski definition) is 2. The molecule has 0 bridgehead atoms. The van der Waals surface area contributed by atoms with Crippen molar-refractivity contribution < 1.29 is 9.21 Å². The maximum atomic E-state index is 11.8. The molecule has 0 radical (unpaired) electrons. The minimum Gasteiger partial charge on any atom is -0.466 e. The number of carbonyl (C=O) groups excluding carboxylic acids is 1. The number of rotatable bonds is 4. The zero-order chi connectivity index (χ0) is 12.1. The van der Waals surface area contributed by atoms with Crippen molar-refractivity contribution in [2.75, 3.05) is 13.1 Å². The van der Waals surface area contributed by atoms with Gasteiger partial charge in [-0.2, -0.15) is 0 Å². The van der Waals surface area contributed by atoms with E-state index in [2.05, 4.69) is 10.6 Å². The van der Waals surface area contributed by atoms with E-state index in [4.69, 9.17) is 4.42 Å². The first-order chi connectivity index (χ1) is 8.25. The van der Waals surface area contributed by atoms with Crippen LogP contribution >= 0.6 is 0 Å². The van der Waals surface area contributed by atoms with E-state index >= 15 is 0 Å². The van der Waals surface area contributed by atoms with Crippen LogP contribution in [0.4, 0.5) is 0 Å². The van der Waals surface area contributed by atoms with Crippen LogP contribution in [0.3, 0.4) is 0 Å². The predicted octanol–water partition coefficient (Wildman–Crippen LogP) is 1.39. The first-order valence-electron chi connectivity index (χ1n) is 6.32. The van der Waals surface area contributed by atoms with Crippen molar-refractivity contribution in [3.63, 3.8) is 0 Å². The molecule has 17 heavy (non-hydrogen) atoms. The van der Waals surface area contributed by atoms with Crippen molar-refractivity contribution in [1.29, 1.82) is 0 Å². The van der Waals surface area contributed by atoms with E-state index in [0.29, 0.717) is 6.54 Å². The minimum atomic E-state index is 0.00193. The van der Waals surface area contributed by atoms with Gasteiger partial charge in [0.1, 0.15) is 11.5 Å². The van der Waals surface area contributed by atoms with Crippen molar-refractivity contribution in [2.24, 2.45) is 0 Å². The second kappa shape index (κ2) is 5.87. The lowest BCUT2D eigenvalue weighted by Gasteiger charge is -2.22. The largest absolute Gasteiger partial charge is 0.466 e. The van der Waals surface area contributed by atoms with Gasteiger partial charge in [0, 0.05) is 13.0 Å². The van der Waals surface area contributed by atoms with Gasteiger partial charge in [-0.15, -0.1) is 0 Å². The number of amides is 1. The Morgan fingerprint density at radius 1 is 1.53 bits per heavy atom. The maximum Gasteiger partial charge on any atom is 0.237 e. The zero-order valence-electron chi connectivity index (χ0n) is 10.3. The number of hydrogen-bond acceptors (Lipinski definition) is 3. The Bertz CT molecular complexity index is 367. The van der Waals surface area contributed by atoms with Crippen LogP contribution in [0.25, 0.3) is 0 Å². The summed E-state index contributed by atoms with van der Waals surface area (Å²) in [6.45, 7) is 3.52. The lowest BCUT2D eigenvalue weighted by atomic mass is 10.0. The van der Waals surface area contributed by atoms with E-state index in [1.54, 1.807) is 0 Å². The van der Waals surface area contributed by atoms with E-state index in [9.17, 15) is 4.79 Å². The number of furan rings is 1. The molecule has 1 aliphatic heterocycles. The van der Waals surface area contributed by atoms with Gasteiger partial charge in [-0.05, 0) is 38.4 Å². The molecule has 0 aliphatic carbocycles. The molecule has 1 amide bonds. The molecular formula is C13H20N2O2. The fourth-order valence-electron chi connectivity index (χ4n) is 2.13. The summed E-state index contributed by atoms with van der Waals surface area (Å²) < 4.78 is 5.44. The maximum absolute atomic E-state index is 11.8. The Kier molecular flexibility index (Phi) is 4.20. The molecule has 1 atom stereocenters. The second-order valence-corrected chi connectivity index (χ2v) is 4.56. The lowest BCUT2D eigenvalue weighted by Crippen LogP contribution is -2.47. The van der Waals surface area contributed by atoms with E-state index in [-0.39, 0.29) is 11.9 Å². The van der Waals surface area contributed by atoms with Gasteiger partial charge in [-0.1, -0.05) is 6.42 Å². The molecule has 0 saturated carbocycles. The summed E-state index contributed by atoms with van der Waals surface area (Å²) in [5, 5.41) is 6.18. The van der Waals surface area contributed by atoms with Crippen LogP contribution in [0.2, 0.25) is 0 Å². The molecule has 94 valence electrons. The zero-order valence-corrected chi connectivity index (χ0v) is 10.3. The molecule has 4 heteroatoms. The van der Waals surface area contributed by atoms with Gasteiger partial charge in [0.25, 0.3) is 0 Å². The normalized spacial score (nSPS) is 20.2. The Morgan fingerprint density at radius 2 is 2.41 bits per heavy atom. The van der Waals surface area contributed by atoms with Crippen molar-refractivity contribution in [3.05, 3.63) is 23.7 Å². The average Bonchev–Trinajstić information content (AvgIpc) is 2.76. The molecule has 0 aromatic carbocycles. The van der Waals surface area contributed by atoms with Gasteiger partial charge in [0.15, 0.2) is 0 Å². The SMILES string of the molecule is Cc1ccc(CCNC(=O)C2CCCCN2)o1. The van der Waals surface area contributed by atoms with Gasteiger partial charge in [0.05, 0.1) is 6.04 Å². The second-order valence-electron chi connectivity index (χ2n) is 4.56. The van der Waals surface area contributed by atoms with Gasteiger partial charge in [0.2, 0.25) is 5.91 Å². The van der Waals surface area contributed by atoms with Gasteiger partial charge < -0.3 is 15.1 Å². The molecule has 2 N–H and O–H groups in total. The summed E-state index contributed by atoms with van der Waals surface area (Å²) in [6.07, 6.45) is 4.02. The summed E-state index contributed by atoms with van der Waals surface area (Å²) in [7, 11) is 0. The summed E-state index contributed by atoms with van der Waals surface area (Å²) in [6, 6.07) is 3.90. The topological polar surface area (TPSA) is 54.3 Å². The first kappa shape index (κ1) is 12.2. The third-order valence-electron chi connectivity index (χ3n) is 3.09. The van der Waals surface area contributed by atoms with Crippen LogP contribution in [0.5, 0.6) is 0 Å². The molecule has 1 fully saturated rings. The summed E-state index contributed by atoms with van der Waals surface area (Å²) >= 11 is 0. The molecular weight excluding hydrogens is 216 g/mol. The quantitative estimate of drug-likeness (QED) is 0.830. The van der Waals surface area contributed by atoms with Crippen molar-refractivity contribution in [1.82, 2.24) is 10.6 Å². The highest BCUT2D eigenvalue weighted by Gasteiger charge is 2.19. The molecule has 1 aliphatic rings. The highest BCUT2D eigenvalue weighted by Crippen LogP contribution is 2.08. The molecule has 1 aromatic rings. The van der Waals surface area contributed by atoms with Crippen LogP contribution < -0.4 is 10.6 Å². The third kappa shape index (κ3) is 3.60. The number of nitrogens with one attached hydrogen (secondary N) is 2. The molecule has 4 nitrogen and oxygen atoms in total. The molecule has 1 saturated heterocycles. The minimum absolute atomic E-state index is 0.00193. The van der Waals surface area contributed by atoms with E-state index in [1.165, 1.54) is 6.42 Å². The molecule has 2 rings (SSSR count). The fraction of sp³-hybridized carbons (Fsp3) is 0.615. The van der Waals surface area contributed by atoms with E-state index in [0.717, 1.165) is 37.3 Å². The molecule has 2 heterocycles. The smallest absolute Gasteiger partial charge is 0.237 e. The van der Waals surface area contributed by atoms with Crippen molar-refractivity contribution in [3.8, 4) is 0 Å². The van der Waals surface area contributed by atoms with Crippen LogP contribution in [0.1, 0.15) is 30.8 Å². The first-order valence-corrected chi connectivity index (χ1v) is 6.32. The monoisotopic (exact) mass is 236 g/mol. The summed E-state index contributed by atoms with van der Waals surface area (Å²) in [5.74, 6) is 1.97. The number of carbonyl (C=O) groups is 1. The van der Waals surface area contributed by atoms with Gasteiger partial charge in [-0.25, -0.2) is 0 Å². The van der Waals surface area contributed by atoms with Gasteiger partial charge >= 0.3 is 0 Å². The highest BCUT2D eigenvalue weighted by molar-refractivity contribution is 5.81. The molecule has 1 aromatic heterocycles. The van der Waals surface area contributed by atoms with E-state index in [1.807, 2.05) is 19.1 Å². The van der Waals surface area contributed by atoms with Crippen molar-refractivity contribution >= 4 is 5.91 Å². The van der Waals surface area contributed by atoms with E-state index < -0.39 is 0 Å². The Balaban J connectivity index is 1.69. The Morgan fingerprint density at radius 3 is 3.06 bits per heavy atom. The average molecular weight is 236 g/mol. The Hall–Kier alpha value is -1.29. The predicted molar refractivity (Wildman–Crippen MR) is 65.8 cm³/mol. The van der Waals surface area contributed by atoms with Crippen LogP contribution in [0.15, 0.2) is 16.5 Å². The fourth-order valence-corrected chi connectivity index (χ4v) is 2.13. The Labute approximate surface area is 102 Å². The van der Waals surface area contributed by atoms with Crippen LogP contribution in [-0.4, -0.2) is 25.0 Å².